The average Bonchev–Trinajstić information content (AvgIpc) is 2.43. The number of hydrogen-bond donors (Lipinski definition) is 1. The van der Waals surface area contributed by atoms with Gasteiger partial charge in [-0.2, -0.15) is 0 Å². The lowest BCUT2D eigenvalue weighted by Gasteiger charge is -2.11. The molecule has 0 fully saturated rings. The number of hydrogen-bond acceptors (Lipinski definition) is 4. The molecule has 0 unspecified atom stereocenters. The third-order valence-electron chi connectivity index (χ3n) is 3.02. The standard InChI is InChI=1S/C15H18IN3O/c1-9(2)14-13(16)15(17)19-12(18-14)8-10-4-6-11(20-3)7-5-10/h4-7,9H,8H2,1-3H3,(H2,17,18,19). The first-order valence-electron chi connectivity index (χ1n) is 6.46. The third kappa shape index (κ3) is 3.39. The number of nitrogens with zero attached hydrogens (tertiary/aromatic N) is 2. The van der Waals surface area contributed by atoms with Gasteiger partial charge in [-0.15, -0.1) is 0 Å². The molecular formula is C15H18IN3O. The lowest BCUT2D eigenvalue weighted by molar-refractivity contribution is 0.414. The van der Waals surface area contributed by atoms with E-state index < -0.39 is 0 Å². The number of anilines is 1. The molecule has 0 spiro atoms. The van der Waals surface area contributed by atoms with Gasteiger partial charge in [0.05, 0.1) is 16.4 Å². The van der Waals surface area contributed by atoms with E-state index in [2.05, 4.69) is 46.4 Å². The molecule has 2 N–H and O–H groups in total. The molecule has 2 aromatic rings. The Morgan fingerprint density at radius 1 is 1.20 bits per heavy atom. The van der Waals surface area contributed by atoms with Gasteiger partial charge < -0.3 is 10.5 Å². The maximum absolute atomic E-state index is 5.98. The first-order chi connectivity index (χ1) is 9.51. The number of methoxy groups -OCH3 is 1. The molecule has 0 aliphatic heterocycles. The summed E-state index contributed by atoms with van der Waals surface area (Å²) in [6.07, 6.45) is 0.671. The largest absolute Gasteiger partial charge is 0.497 e. The van der Waals surface area contributed by atoms with Crippen molar-refractivity contribution in [3.63, 3.8) is 0 Å². The van der Waals surface area contributed by atoms with Crippen molar-refractivity contribution < 1.29 is 4.74 Å². The molecule has 0 saturated carbocycles. The summed E-state index contributed by atoms with van der Waals surface area (Å²) in [7, 11) is 1.66. The highest BCUT2D eigenvalue weighted by atomic mass is 127. The molecule has 0 amide bonds. The van der Waals surface area contributed by atoms with Gasteiger partial charge >= 0.3 is 0 Å². The Hall–Kier alpha value is -1.37. The minimum Gasteiger partial charge on any atom is -0.497 e. The first kappa shape index (κ1) is 15.0. The second-order valence-electron chi connectivity index (χ2n) is 4.90. The fourth-order valence-corrected chi connectivity index (χ4v) is 2.78. The van der Waals surface area contributed by atoms with Crippen molar-refractivity contribution in [2.45, 2.75) is 26.2 Å². The maximum Gasteiger partial charge on any atom is 0.140 e. The number of rotatable bonds is 4. The lowest BCUT2D eigenvalue weighted by Crippen LogP contribution is -2.09. The van der Waals surface area contributed by atoms with E-state index >= 15 is 0 Å². The van der Waals surface area contributed by atoms with Crippen molar-refractivity contribution in [2.75, 3.05) is 12.8 Å². The molecule has 2 rings (SSSR count). The maximum atomic E-state index is 5.98. The molecule has 0 bridgehead atoms. The molecule has 1 aromatic heterocycles. The van der Waals surface area contributed by atoms with Crippen LogP contribution in [-0.4, -0.2) is 17.1 Å². The SMILES string of the molecule is COc1ccc(Cc2nc(N)c(I)c(C(C)C)n2)cc1. The number of aromatic nitrogens is 2. The summed E-state index contributed by atoms with van der Waals surface area (Å²) in [4.78, 5) is 9.02. The Kier molecular flexibility index (Phi) is 4.80. The highest BCUT2D eigenvalue weighted by molar-refractivity contribution is 14.1. The van der Waals surface area contributed by atoms with E-state index in [0.29, 0.717) is 18.2 Å². The molecule has 4 nitrogen and oxygen atoms in total. The van der Waals surface area contributed by atoms with Crippen molar-refractivity contribution >= 4 is 28.4 Å². The number of halogens is 1. The zero-order chi connectivity index (χ0) is 14.7. The van der Waals surface area contributed by atoms with Gasteiger partial charge in [-0.25, -0.2) is 9.97 Å². The summed E-state index contributed by atoms with van der Waals surface area (Å²) < 4.78 is 6.11. The molecule has 5 heteroatoms. The van der Waals surface area contributed by atoms with E-state index in [-0.39, 0.29) is 0 Å². The Balaban J connectivity index is 2.28. The second-order valence-corrected chi connectivity index (χ2v) is 5.98. The molecule has 20 heavy (non-hydrogen) atoms. The molecule has 0 atom stereocenters. The molecule has 106 valence electrons. The van der Waals surface area contributed by atoms with Crippen LogP contribution in [0.4, 0.5) is 5.82 Å². The van der Waals surface area contributed by atoms with Crippen molar-refractivity contribution in [3.8, 4) is 5.75 Å². The number of nitrogen functional groups attached to an aromatic ring is 1. The molecule has 0 saturated heterocycles. The fraction of sp³-hybridized carbons (Fsp3) is 0.333. The highest BCUT2D eigenvalue weighted by Crippen LogP contribution is 2.24. The van der Waals surface area contributed by atoms with Gasteiger partial charge in [0, 0.05) is 6.42 Å². The van der Waals surface area contributed by atoms with E-state index in [1.807, 2.05) is 24.3 Å². The van der Waals surface area contributed by atoms with Crippen LogP contribution in [0.2, 0.25) is 0 Å². The predicted octanol–water partition coefficient (Wildman–Crippen LogP) is 3.39. The Morgan fingerprint density at radius 2 is 1.85 bits per heavy atom. The van der Waals surface area contributed by atoms with Crippen molar-refractivity contribution in [1.29, 1.82) is 0 Å². The molecule has 0 aliphatic carbocycles. The van der Waals surface area contributed by atoms with Crippen LogP contribution in [0.1, 0.15) is 36.8 Å². The number of nitrogens with two attached hydrogens (primary N) is 1. The predicted molar refractivity (Wildman–Crippen MR) is 89.1 cm³/mol. The van der Waals surface area contributed by atoms with Crippen LogP contribution in [0.15, 0.2) is 24.3 Å². The summed E-state index contributed by atoms with van der Waals surface area (Å²) in [5, 5.41) is 0. The Labute approximate surface area is 132 Å². The minimum absolute atomic E-state index is 0.335. The van der Waals surface area contributed by atoms with Gasteiger partial charge in [-0.05, 0) is 46.2 Å². The fourth-order valence-electron chi connectivity index (χ4n) is 1.92. The zero-order valence-corrected chi connectivity index (χ0v) is 14.0. The van der Waals surface area contributed by atoms with E-state index in [4.69, 9.17) is 10.5 Å². The monoisotopic (exact) mass is 383 g/mol. The summed E-state index contributed by atoms with van der Waals surface area (Å²) >= 11 is 2.21. The summed E-state index contributed by atoms with van der Waals surface area (Å²) in [5.74, 6) is 2.51. The zero-order valence-electron chi connectivity index (χ0n) is 11.9. The van der Waals surface area contributed by atoms with Gasteiger partial charge in [0.15, 0.2) is 0 Å². The van der Waals surface area contributed by atoms with Crippen LogP contribution in [-0.2, 0) is 6.42 Å². The number of benzene rings is 1. The van der Waals surface area contributed by atoms with E-state index in [1.54, 1.807) is 7.11 Å². The number of ether oxygens (including phenoxy) is 1. The molecule has 1 heterocycles. The van der Waals surface area contributed by atoms with Crippen molar-refractivity contribution in [1.82, 2.24) is 9.97 Å². The molecular weight excluding hydrogens is 365 g/mol. The normalized spacial score (nSPS) is 10.8. The summed E-state index contributed by atoms with van der Waals surface area (Å²) in [5.41, 5.74) is 8.14. The van der Waals surface area contributed by atoms with Gasteiger partial charge in [0.2, 0.25) is 0 Å². The quantitative estimate of drug-likeness (QED) is 0.823. The Morgan fingerprint density at radius 3 is 2.40 bits per heavy atom. The minimum atomic E-state index is 0.335. The first-order valence-corrected chi connectivity index (χ1v) is 7.54. The molecule has 0 radical (unpaired) electrons. The average molecular weight is 383 g/mol. The highest BCUT2D eigenvalue weighted by Gasteiger charge is 2.13. The van der Waals surface area contributed by atoms with Crippen LogP contribution in [0.5, 0.6) is 5.75 Å². The van der Waals surface area contributed by atoms with Crippen molar-refractivity contribution in [2.24, 2.45) is 0 Å². The van der Waals surface area contributed by atoms with Gasteiger partial charge in [-0.3, -0.25) is 0 Å². The summed E-state index contributed by atoms with van der Waals surface area (Å²) in [6, 6.07) is 7.92. The van der Waals surface area contributed by atoms with Crippen LogP contribution in [0.25, 0.3) is 0 Å². The van der Waals surface area contributed by atoms with Crippen LogP contribution in [0, 0.1) is 3.57 Å². The van der Waals surface area contributed by atoms with E-state index in [1.165, 1.54) is 0 Å². The van der Waals surface area contributed by atoms with Gasteiger partial charge in [0.1, 0.15) is 17.4 Å². The van der Waals surface area contributed by atoms with Crippen LogP contribution >= 0.6 is 22.6 Å². The smallest absolute Gasteiger partial charge is 0.140 e. The second kappa shape index (κ2) is 6.39. The van der Waals surface area contributed by atoms with Crippen LogP contribution in [0.3, 0.4) is 0 Å². The molecule has 0 aliphatic rings. The summed E-state index contributed by atoms with van der Waals surface area (Å²) in [6.45, 7) is 4.22. The van der Waals surface area contributed by atoms with Gasteiger partial charge in [0.25, 0.3) is 0 Å². The Bertz CT molecular complexity index is 597. The lowest BCUT2D eigenvalue weighted by atomic mass is 10.1. The third-order valence-corrected chi connectivity index (χ3v) is 4.12. The topological polar surface area (TPSA) is 61.0 Å². The van der Waals surface area contributed by atoms with Crippen LogP contribution < -0.4 is 10.5 Å². The van der Waals surface area contributed by atoms with E-state index in [9.17, 15) is 0 Å². The van der Waals surface area contributed by atoms with Crippen molar-refractivity contribution in [3.05, 3.63) is 44.9 Å². The molecule has 1 aromatic carbocycles. The van der Waals surface area contributed by atoms with Gasteiger partial charge in [-0.1, -0.05) is 26.0 Å². The van der Waals surface area contributed by atoms with E-state index in [0.717, 1.165) is 26.4 Å².